The molecule has 39 heavy (non-hydrogen) atoms. The van der Waals surface area contributed by atoms with Gasteiger partial charge in [0.15, 0.2) is 5.13 Å². The third-order valence-corrected chi connectivity index (χ3v) is 7.70. The minimum atomic E-state index is -0.886. The molecule has 2 heterocycles. The van der Waals surface area contributed by atoms with Crippen LogP contribution in [0.2, 0.25) is 0 Å². The third-order valence-electron chi connectivity index (χ3n) is 6.70. The van der Waals surface area contributed by atoms with E-state index in [4.69, 9.17) is 14.5 Å². The lowest BCUT2D eigenvalue weighted by Gasteiger charge is -2.23. The highest BCUT2D eigenvalue weighted by Crippen LogP contribution is 2.45. The Morgan fingerprint density at radius 3 is 2.49 bits per heavy atom. The molecule has 1 unspecified atom stereocenters. The lowest BCUT2D eigenvalue weighted by Crippen LogP contribution is -2.29. The van der Waals surface area contributed by atoms with Crippen LogP contribution in [0.4, 0.5) is 5.13 Å². The Labute approximate surface area is 230 Å². The molecule has 1 N–H and O–H groups in total. The fourth-order valence-corrected chi connectivity index (χ4v) is 6.06. The van der Waals surface area contributed by atoms with Gasteiger partial charge in [-0.25, -0.2) is 4.98 Å². The Kier molecular flexibility index (Phi) is 6.97. The van der Waals surface area contributed by atoms with Gasteiger partial charge in [0.05, 0.1) is 28.9 Å². The van der Waals surface area contributed by atoms with Crippen molar-refractivity contribution in [3.8, 4) is 11.5 Å². The number of fused-ring (bicyclic) bond motifs is 1. The summed E-state index contributed by atoms with van der Waals surface area (Å²) < 4.78 is 11.9. The number of rotatable bonds is 7. The van der Waals surface area contributed by atoms with Gasteiger partial charge in [-0.2, -0.15) is 0 Å². The van der Waals surface area contributed by atoms with Crippen molar-refractivity contribution >= 4 is 44.1 Å². The maximum atomic E-state index is 13.6. The van der Waals surface area contributed by atoms with Crippen LogP contribution in [0.15, 0.2) is 72.8 Å². The molecule has 0 radical (unpaired) electrons. The Morgan fingerprint density at radius 1 is 1.08 bits per heavy atom. The molecule has 1 saturated heterocycles. The molecule has 1 aliphatic rings. The first-order chi connectivity index (χ1) is 18.7. The first kappa shape index (κ1) is 26.2. The number of nitrogens with zero attached hydrogens (tertiary/aromatic N) is 2. The number of benzene rings is 3. The Hall–Kier alpha value is -4.43. The number of hydrogen-bond acceptors (Lipinski definition) is 7. The van der Waals surface area contributed by atoms with Crippen molar-refractivity contribution in [2.45, 2.75) is 26.8 Å². The summed E-state index contributed by atoms with van der Waals surface area (Å²) >= 11 is 1.34. The fourth-order valence-electron chi connectivity index (χ4n) is 4.89. The highest BCUT2D eigenvalue weighted by Gasteiger charge is 2.48. The second-order valence-corrected chi connectivity index (χ2v) is 10.5. The molecule has 1 aliphatic heterocycles. The number of ketones is 1. The fraction of sp³-hybridized carbons (Fsp3) is 0.194. The van der Waals surface area contributed by atoms with Crippen LogP contribution < -0.4 is 14.4 Å². The van der Waals surface area contributed by atoms with E-state index in [9.17, 15) is 14.7 Å². The summed E-state index contributed by atoms with van der Waals surface area (Å²) in [6, 6.07) is 15.4. The molecule has 0 aliphatic carbocycles. The zero-order valence-corrected chi connectivity index (χ0v) is 23.0. The molecule has 0 bridgehead atoms. The second kappa shape index (κ2) is 10.4. The largest absolute Gasteiger partial charge is 0.507 e. The number of anilines is 1. The summed E-state index contributed by atoms with van der Waals surface area (Å²) in [5.74, 6) is -0.504. The standard InChI is InChI=1S/C31H28N2O5S/c1-6-13-38-22-10-7-20(8-11-22)27-25(28(34)21-9-12-23(37-5)18(3)16-21)29(35)30(36)33(27)31-32-26-19(4)14-17(2)15-24(26)39-31/h6-12,14-16,27,34H,1,13H2,2-5H3/b28-25+. The molecule has 5 rings (SSSR count). The molecule has 1 atom stereocenters. The number of amides is 1. The van der Waals surface area contributed by atoms with Gasteiger partial charge in [0.1, 0.15) is 23.9 Å². The summed E-state index contributed by atoms with van der Waals surface area (Å²) in [4.78, 5) is 33.3. The molecule has 0 spiro atoms. The SMILES string of the molecule is C=CCOc1ccc(C2/C(=C(\O)c3ccc(OC)c(C)c3)C(=O)C(=O)N2c2nc3c(C)cc(C)cc3s2)cc1. The lowest BCUT2D eigenvalue weighted by atomic mass is 9.95. The number of aliphatic hydroxyl groups excluding tert-OH is 1. The van der Waals surface area contributed by atoms with Gasteiger partial charge in [0.25, 0.3) is 5.78 Å². The first-order valence-electron chi connectivity index (χ1n) is 12.4. The molecule has 7 nitrogen and oxygen atoms in total. The van der Waals surface area contributed by atoms with Crippen LogP contribution in [-0.2, 0) is 9.59 Å². The zero-order valence-electron chi connectivity index (χ0n) is 22.1. The van der Waals surface area contributed by atoms with E-state index in [0.29, 0.717) is 34.4 Å². The summed E-state index contributed by atoms with van der Waals surface area (Å²) in [6.07, 6.45) is 1.65. The molecule has 1 aromatic heterocycles. The smallest absolute Gasteiger partial charge is 0.301 e. The summed E-state index contributed by atoms with van der Waals surface area (Å²) in [5.41, 5.74) is 4.68. The number of carbonyl (C=O) groups excluding carboxylic acids is 2. The highest BCUT2D eigenvalue weighted by atomic mass is 32.1. The van der Waals surface area contributed by atoms with Crippen LogP contribution >= 0.6 is 11.3 Å². The van der Waals surface area contributed by atoms with E-state index in [-0.39, 0.29) is 11.3 Å². The van der Waals surface area contributed by atoms with E-state index < -0.39 is 17.7 Å². The predicted octanol–water partition coefficient (Wildman–Crippen LogP) is 6.42. The average molecular weight is 541 g/mol. The monoisotopic (exact) mass is 540 g/mol. The van der Waals surface area contributed by atoms with Crippen LogP contribution in [0, 0.1) is 20.8 Å². The highest BCUT2D eigenvalue weighted by molar-refractivity contribution is 7.22. The van der Waals surface area contributed by atoms with Crippen molar-refractivity contribution in [3.05, 3.63) is 101 Å². The number of carbonyl (C=O) groups is 2. The van der Waals surface area contributed by atoms with Gasteiger partial charge in [0, 0.05) is 5.56 Å². The number of Topliss-reactive ketones (excluding diaryl/α,β-unsaturated/α-hetero) is 1. The molecule has 4 aromatic rings. The second-order valence-electron chi connectivity index (χ2n) is 9.45. The van der Waals surface area contributed by atoms with Crippen LogP contribution in [0.1, 0.15) is 33.9 Å². The Balaban J connectivity index is 1.70. The van der Waals surface area contributed by atoms with Gasteiger partial charge in [0.2, 0.25) is 0 Å². The normalized spacial score (nSPS) is 16.6. The van der Waals surface area contributed by atoms with Gasteiger partial charge in [-0.1, -0.05) is 42.2 Å². The van der Waals surface area contributed by atoms with Crippen LogP contribution in [0.5, 0.6) is 11.5 Å². The summed E-state index contributed by atoms with van der Waals surface area (Å²) in [7, 11) is 1.57. The van der Waals surface area contributed by atoms with Crippen molar-refractivity contribution in [3.63, 3.8) is 0 Å². The Morgan fingerprint density at radius 2 is 1.82 bits per heavy atom. The van der Waals surface area contributed by atoms with Crippen molar-refractivity contribution in [1.29, 1.82) is 0 Å². The van der Waals surface area contributed by atoms with Crippen molar-refractivity contribution in [2.75, 3.05) is 18.6 Å². The zero-order chi connectivity index (χ0) is 27.8. The molecule has 3 aromatic carbocycles. The average Bonchev–Trinajstić information content (AvgIpc) is 3.45. The number of aryl methyl sites for hydroxylation is 3. The minimum absolute atomic E-state index is 0.00325. The molecule has 0 saturated carbocycles. The van der Waals surface area contributed by atoms with Crippen molar-refractivity contribution in [2.24, 2.45) is 0 Å². The van der Waals surface area contributed by atoms with E-state index in [0.717, 1.165) is 26.9 Å². The summed E-state index contributed by atoms with van der Waals surface area (Å²) in [6.45, 7) is 9.84. The topological polar surface area (TPSA) is 89.0 Å². The van der Waals surface area contributed by atoms with Gasteiger partial charge >= 0.3 is 5.91 Å². The van der Waals surface area contributed by atoms with Crippen molar-refractivity contribution in [1.82, 2.24) is 4.98 Å². The van der Waals surface area contributed by atoms with E-state index >= 15 is 0 Å². The van der Waals surface area contributed by atoms with Crippen LogP contribution in [0.3, 0.4) is 0 Å². The molecule has 8 heteroatoms. The quantitative estimate of drug-likeness (QED) is 0.126. The molecular formula is C31H28N2O5S. The number of ether oxygens (including phenoxy) is 2. The number of hydrogen-bond donors (Lipinski definition) is 1. The van der Waals surface area contributed by atoms with E-state index in [1.165, 1.54) is 16.2 Å². The summed E-state index contributed by atoms with van der Waals surface area (Å²) in [5, 5.41) is 11.9. The predicted molar refractivity (Wildman–Crippen MR) is 154 cm³/mol. The number of aliphatic hydroxyl groups is 1. The number of aromatic nitrogens is 1. The van der Waals surface area contributed by atoms with E-state index in [2.05, 4.69) is 6.58 Å². The van der Waals surface area contributed by atoms with Crippen molar-refractivity contribution < 1.29 is 24.2 Å². The number of methoxy groups -OCH3 is 1. The number of thiazole rings is 1. The van der Waals surface area contributed by atoms with Gasteiger partial charge in [-0.05, 0) is 79.4 Å². The van der Waals surface area contributed by atoms with E-state index in [1.807, 2.05) is 32.9 Å². The van der Waals surface area contributed by atoms with Crippen LogP contribution in [-0.4, -0.2) is 35.5 Å². The minimum Gasteiger partial charge on any atom is -0.507 e. The first-order valence-corrected chi connectivity index (χ1v) is 13.2. The molecule has 1 fully saturated rings. The van der Waals surface area contributed by atoms with Crippen LogP contribution in [0.25, 0.3) is 16.0 Å². The van der Waals surface area contributed by atoms with Gasteiger partial charge in [-0.15, -0.1) is 0 Å². The third kappa shape index (κ3) is 4.68. The maximum absolute atomic E-state index is 13.6. The molecule has 198 valence electrons. The van der Waals surface area contributed by atoms with E-state index in [1.54, 1.807) is 55.7 Å². The molecular weight excluding hydrogens is 512 g/mol. The maximum Gasteiger partial charge on any atom is 0.301 e. The lowest BCUT2D eigenvalue weighted by molar-refractivity contribution is -0.132. The molecule has 1 amide bonds. The van der Waals surface area contributed by atoms with Gasteiger partial charge in [-0.3, -0.25) is 14.5 Å². The Bertz CT molecular complexity index is 1650. The van der Waals surface area contributed by atoms with Gasteiger partial charge < -0.3 is 14.6 Å².